The number of nitrogens with one attached hydrogen (secondary N) is 1. The molecule has 5 nitrogen and oxygen atoms in total. The molecule has 1 aliphatic heterocycles. The molecule has 14 heteroatoms. The van der Waals surface area contributed by atoms with Gasteiger partial charge in [-0.25, -0.2) is 0 Å². The van der Waals surface area contributed by atoms with Gasteiger partial charge in [-0.05, 0) is 30.0 Å². The second-order valence-corrected chi connectivity index (χ2v) is 9.80. The van der Waals surface area contributed by atoms with Crippen LogP contribution in [0.2, 0.25) is 0 Å². The minimum Gasteiger partial charge on any atom is -0.300 e. The van der Waals surface area contributed by atoms with E-state index in [9.17, 15) is 31.1 Å². The highest BCUT2D eigenvalue weighted by molar-refractivity contribution is 8.03. The first kappa shape index (κ1) is 22.9. The predicted octanol–water partition coefficient (Wildman–Crippen LogP) is 6.23. The maximum absolute atomic E-state index is 13.6. The lowest BCUT2D eigenvalue weighted by atomic mass is 10.0. The van der Waals surface area contributed by atoms with Crippen LogP contribution in [-0.2, 0) is 17.1 Å². The zero-order valence-electron chi connectivity index (χ0n) is 15.5. The molecule has 1 aliphatic rings. The van der Waals surface area contributed by atoms with E-state index in [2.05, 4.69) is 20.5 Å². The minimum atomic E-state index is -5.04. The number of amides is 1. The average molecular weight is 508 g/mol. The summed E-state index contributed by atoms with van der Waals surface area (Å²) in [5.74, 6) is -0.277. The van der Waals surface area contributed by atoms with Crippen LogP contribution in [0.25, 0.3) is 10.9 Å². The fourth-order valence-corrected chi connectivity index (χ4v) is 5.55. The third-order valence-electron chi connectivity index (χ3n) is 4.25. The Morgan fingerprint density at radius 1 is 1.12 bits per heavy atom. The SMILES string of the molecule is O=C(Nc1nnc(Sc2ccnc3cc(C(F)(F)F)cc(C(F)(F)F)c23)s1)C1CC=CS1. The van der Waals surface area contributed by atoms with Gasteiger partial charge in [0.15, 0.2) is 4.34 Å². The van der Waals surface area contributed by atoms with Crippen LogP contribution in [0, 0.1) is 0 Å². The number of rotatable bonds is 4. The minimum absolute atomic E-state index is 0.0145. The number of pyridine rings is 1. The number of halogens is 6. The van der Waals surface area contributed by atoms with Crippen LogP contribution in [0.4, 0.5) is 31.5 Å². The number of nitrogens with zero attached hydrogens (tertiary/aromatic N) is 3. The number of fused-ring (bicyclic) bond motifs is 1. The number of alkyl halides is 6. The molecule has 1 aromatic carbocycles. The molecule has 0 spiro atoms. The standard InChI is InChI=1S/C18H10F6N4OS3/c19-17(20,21)8-6-9(18(22,23)24)13-10(7-8)25-4-3-11(13)31-16-28-27-15(32-16)26-14(29)12-2-1-5-30-12/h1,3-7,12H,2H2,(H,26,27,29). The van der Waals surface area contributed by atoms with Gasteiger partial charge in [-0.2, -0.15) is 26.3 Å². The van der Waals surface area contributed by atoms with Crippen molar-refractivity contribution in [2.24, 2.45) is 0 Å². The van der Waals surface area contributed by atoms with Crippen molar-refractivity contribution in [1.29, 1.82) is 0 Å². The van der Waals surface area contributed by atoms with Crippen molar-refractivity contribution in [1.82, 2.24) is 15.2 Å². The summed E-state index contributed by atoms with van der Waals surface area (Å²) in [5.41, 5.74) is -3.32. The van der Waals surface area contributed by atoms with E-state index < -0.39 is 34.4 Å². The van der Waals surface area contributed by atoms with Crippen molar-refractivity contribution >= 4 is 56.8 Å². The Morgan fingerprint density at radius 2 is 1.91 bits per heavy atom. The second kappa shape index (κ2) is 8.56. The molecule has 1 unspecified atom stereocenters. The lowest BCUT2D eigenvalue weighted by Crippen LogP contribution is -2.22. The molecule has 1 amide bonds. The number of thioether (sulfide) groups is 1. The first-order chi connectivity index (χ1) is 15.0. The summed E-state index contributed by atoms with van der Waals surface area (Å²) in [5, 5.41) is 11.5. The van der Waals surface area contributed by atoms with E-state index in [0.717, 1.165) is 29.3 Å². The highest BCUT2D eigenvalue weighted by atomic mass is 32.2. The summed E-state index contributed by atoms with van der Waals surface area (Å²) in [6.07, 6.45) is -6.45. The Bertz CT molecular complexity index is 1200. The number of hydrogen-bond acceptors (Lipinski definition) is 7. The largest absolute Gasteiger partial charge is 0.417 e. The van der Waals surface area contributed by atoms with Gasteiger partial charge in [0.1, 0.15) is 0 Å². The fourth-order valence-electron chi connectivity index (χ4n) is 2.86. The summed E-state index contributed by atoms with van der Waals surface area (Å²) in [6, 6.07) is 1.91. The van der Waals surface area contributed by atoms with E-state index in [-0.39, 0.29) is 31.6 Å². The van der Waals surface area contributed by atoms with Gasteiger partial charge in [-0.15, -0.1) is 22.0 Å². The van der Waals surface area contributed by atoms with Gasteiger partial charge in [-0.1, -0.05) is 29.2 Å². The Morgan fingerprint density at radius 3 is 2.56 bits per heavy atom. The number of benzene rings is 1. The van der Waals surface area contributed by atoms with E-state index in [1.165, 1.54) is 17.8 Å². The van der Waals surface area contributed by atoms with Crippen LogP contribution in [0.5, 0.6) is 0 Å². The zero-order valence-corrected chi connectivity index (χ0v) is 17.9. The number of aromatic nitrogens is 3. The molecule has 32 heavy (non-hydrogen) atoms. The molecule has 3 heterocycles. The Labute approximate surface area is 188 Å². The molecule has 2 aromatic heterocycles. The zero-order chi connectivity index (χ0) is 23.1. The molecule has 0 bridgehead atoms. The first-order valence-corrected chi connectivity index (χ1v) is 11.3. The predicted molar refractivity (Wildman–Crippen MR) is 110 cm³/mol. The molecule has 0 aliphatic carbocycles. The topological polar surface area (TPSA) is 67.8 Å². The number of anilines is 1. The Hall–Kier alpha value is -2.32. The Balaban J connectivity index is 1.67. The van der Waals surface area contributed by atoms with Gasteiger partial charge in [0.25, 0.3) is 0 Å². The van der Waals surface area contributed by atoms with E-state index in [1.54, 1.807) is 0 Å². The van der Waals surface area contributed by atoms with E-state index in [1.807, 2.05) is 11.5 Å². The summed E-state index contributed by atoms with van der Waals surface area (Å²) in [4.78, 5) is 15.9. The summed E-state index contributed by atoms with van der Waals surface area (Å²) >= 11 is 3.09. The second-order valence-electron chi connectivity index (χ2n) is 6.42. The van der Waals surface area contributed by atoms with Crippen molar-refractivity contribution in [3.63, 3.8) is 0 Å². The molecule has 1 atom stereocenters. The van der Waals surface area contributed by atoms with Gasteiger partial charge >= 0.3 is 12.4 Å². The molecule has 0 saturated heterocycles. The summed E-state index contributed by atoms with van der Waals surface area (Å²) < 4.78 is 80.3. The highest BCUT2D eigenvalue weighted by Crippen LogP contribution is 2.44. The number of hydrogen-bond donors (Lipinski definition) is 1. The molecule has 4 rings (SSSR count). The van der Waals surface area contributed by atoms with Crippen LogP contribution in [0.15, 0.2) is 45.1 Å². The molecule has 0 fully saturated rings. The van der Waals surface area contributed by atoms with Gasteiger partial charge < -0.3 is 0 Å². The molecule has 0 saturated carbocycles. The summed E-state index contributed by atoms with van der Waals surface area (Å²) in [6.45, 7) is 0. The molecule has 3 aromatic rings. The van der Waals surface area contributed by atoms with Gasteiger partial charge in [0.2, 0.25) is 11.0 Å². The van der Waals surface area contributed by atoms with Crippen molar-refractivity contribution < 1.29 is 31.1 Å². The molecule has 168 valence electrons. The maximum Gasteiger partial charge on any atom is 0.417 e. The third-order valence-corrected chi connectivity index (χ3v) is 7.29. The smallest absolute Gasteiger partial charge is 0.300 e. The maximum atomic E-state index is 13.6. The van der Waals surface area contributed by atoms with Crippen LogP contribution >= 0.6 is 34.9 Å². The molecular weight excluding hydrogens is 498 g/mol. The van der Waals surface area contributed by atoms with Crippen LogP contribution in [-0.4, -0.2) is 26.3 Å². The van der Waals surface area contributed by atoms with Crippen LogP contribution in [0.1, 0.15) is 17.5 Å². The quantitative estimate of drug-likeness (QED) is 0.333. The van der Waals surface area contributed by atoms with Crippen molar-refractivity contribution in [3.8, 4) is 0 Å². The van der Waals surface area contributed by atoms with Crippen molar-refractivity contribution in [2.75, 3.05) is 5.32 Å². The molecule has 0 radical (unpaired) electrons. The molecule has 1 N–H and O–H groups in total. The van der Waals surface area contributed by atoms with Crippen LogP contribution in [0.3, 0.4) is 0 Å². The monoisotopic (exact) mass is 508 g/mol. The van der Waals surface area contributed by atoms with E-state index >= 15 is 0 Å². The number of allylic oxidation sites excluding steroid dienone is 1. The average Bonchev–Trinajstić information content (AvgIpc) is 3.38. The van der Waals surface area contributed by atoms with Crippen LogP contribution < -0.4 is 5.32 Å². The lowest BCUT2D eigenvalue weighted by molar-refractivity contribution is -0.142. The number of carbonyl (C=O) groups is 1. The Kier molecular flexibility index (Phi) is 6.11. The van der Waals surface area contributed by atoms with Gasteiger partial charge in [0, 0.05) is 16.5 Å². The van der Waals surface area contributed by atoms with Gasteiger partial charge in [0.05, 0.1) is 21.9 Å². The third kappa shape index (κ3) is 4.86. The lowest BCUT2D eigenvalue weighted by Gasteiger charge is -2.16. The first-order valence-electron chi connectivity index (χ1n) is 8.72. The summed E-state index contributed by atoms with van der Waals surface area (Å²) in [7, 11) is 0. The highest BCUT2D eigenvalue weighted by Gasteiger charge is 2.39. The van der Waals surface area contributed by atoms with Gasteiger partial charge in [-0.3, -0.25) is 15.1 Å². The van der Waals surface area contributed by atoms with E-state index in [0.29, 0.717) is 12.5 Å². The van der Waals surface area contributed by atoms with Crippen molar-refractivity contribution in [3.05, 3.63) is 47.0 Å². The van der Waals surface area contributed by atoms with Crippen molar-refractivity contribution in [2.45, 2.75) is 33.3 Å². The fraction of sp³-hybridized carbons (Fsp3) is 0.222. The van der Waals surface area contributed by atoms with E-state index in [4.69, 9.17) is 0 Å². The molecular formula is C18H10F6N4OS3. The normalized spacial score (nSPS) is 16.6. The number of carbonyl (C=O) groups excluding carboxylic acids is 1.